The topological polar surface area (TPSA) is 44.3 Å². The van der Waals surface area contributed by atoms with Crippen LogP contribution in [0.5, 0.6) is 0 Å². The quantitative estimate of drug-likeness (QED) is 0.623. The average molecular weight is 198 g/mol. The molecule has 2 rings (SSSR count). The van der Waals surface area contributed by atoms with Crippen LogP contribution in [0.15, 0.2) is 0 Å². The van der Waals surface area contributed by atoms with Gasteiger partial charge in [0.1, 0.15) is 0 Å². The van der Waals surface area contributed by atoms with Crippen LogP contribution in [-0.2, 0) is 0 Å². The maximum absolute atomic E-state index is 10.2. The Labute approximate surface area is 86.3 Å². The number of β-amino-alcohol motifs (C(OH)–C–C–N with tert-alkyl or cyclic N) is 1. The van der Waals surface area contributed by atoms with E-state index < -0.39 is 5.60 Å². The minimum atomic E-state index is -0.411. The lowest BCUT2D eigenvalue weighted by Crippen LogP contribution is -2.50. The van der Waals surface area contributed by atoms with Crippen LogP contribution < -0.4 is 10.6 Å². The Morgan fingerprint density at radius 2 is 2.00 bits per heavy atom. The molecule has 0 radical (unpaired) electrons. The number of aliphatic hydroxyl groups is 1. The molecule has 0 aromatic carbocycles. The summed E-state index contributed by atoms with van der Waals surface area (Å²) in [5.74, 6) is 0. The lowest BCUT2D eigenvalue weighted by atomic mass is 9.97. The second-order valence-corrected chi connectivity index (χ2v) is 5.27. The lowest BCUT2D eigenvalue weighted by Gasteiger charge is -2.30. The molecule has 0 amide bonds. The van der Waals surface area contributed by atoms with Crippen molar-refractivity contribution >= 4 is 0 Å². The molecule has 3 N–H and O–H groups in total. The van der Waals surface area contributed by atoms with Crippen molar-refractivity contribution in [2.75, 3.05) is 19.6 Å². The zero-order valence-electron chi connectivity index (χ0n) is 9.10. The Balaban J connectivity index is 1.80. The molecule has 1 unspecified atom stereocenters. The fourth-order valence-electron chi connectivity index (χ4n) is 2.56. The highest BCUT2D eigenvalue weighted by atomic mass is 16.3. The summed E-state index contributed by atoms with van der Waals surface area (Å²) in [5.41, 5.74) is -0.204. The number of rotatable bonds is 3. The van der Waals surface area contributed by atoms with Crippen molar-refractivity contribution in [1.82, 2.24) is 10.6 Å². The van der Waals surface area contributed by atoms with Crippen LogP contribution in [0, 0.1) is 0 Å². The van der Waals surface area contributed by atoms with Gasteiger partial charge in [0.25, 0.3) is 0 Å². The molecule has 14 heavy (non-hydrogen) atoms. The van der Waals surface area contributed by atoms with Gasteiger partial charge in [0.05, 0.1) is 5.60 Å². The van der Waals surface area contributed by atoms with Gasteiger partial charge in [0.2, 0.25) is 0 Å². The van der Waals surface area contributed by atoms with Crippen LogP contribution in [-0.4, -0.2) is 35.9 Å². The summed E-state index contributed by atoms with van der Waals surface area (Å²) in [6.45, 7) is 5.14. The van der Waals surface area contributed by atoms with Gasteiger partial charge >= 0.3 is 0 Å². The largest absolute Gasteiger partial charge is 0.389 e. The van der Waals surface area contributed by atoms with E-state index in [9.17, 15) is 5.11 Å². The SMILES string of the molecule is CC1(NCC2(O)CCCC2)CCNC1. The van der Waals surface area contributed by atoms with E-state index in [1.807, 2.05) is 0 Å². The summed E-state index contributed by atoms with van der Waals surface area (Å²) in [7, 11) is 0. The predicted octanol–water partition coefficient (Wildman–Crippen LogP) is 0.633. The third kappa shape index (κ3) is 2.27. The van der Waals surface area contributed by atoms with Gasteiger partial charge in [-0.1, -0.05) is 12.8 Å². The fourth-order valence-corrected chi connectivity index (χ4v) is 2.56. The number of hydrogen-bond acceptors (Lipinski definition) is 3. The van der Waals surface area contributed by atoms with Gasteiger partial charge in [-0.3, -0.25) is 0 Å². The van der Waals surface area contributed by atoms with Crippen molar-refractivity contribution < 1.29 is 5.11 Å². The molecular weight excluding hydrogens is 176 g/mol. The molecule has 2 aliphatic rings. The van der Waals surface area contributed by atoms with Crippen LogP contribution in [0.25, 0.3) is 0 Å². The maximum Gasteiger partial charge on any atom is 0.0771 e. The molecule has 1 atom stereocenters. The zero-order chi connectivity index (χ0) is 10.1. The van der Waals surface area contributed by atoms with E-state index in [1.54, 1.807) is 0 Å². The molecule has 3 nitrogen and oxygen atoms in total. The monoisotopic (exact) mass is 198 g/mol. The van der Waals surface area contributed by atoms with Crippen LogP contribution >= 0.6 is 0 Å². The first-order valence-electron chi connectivity index (χ1n) is 5.80. The second kappa shape index (κ2) is 3.80. The molecule has 0 aromatic heterocycles. The summed E-state index contributed by atoms with van der Waals surface area (Å²) in [6, 6.07) is 0. The molecule has 3 heteroatoms. The van der Waals surface area contributed by atoms with E-state index in [-0.39, 0.29) is 5.54 Å². The first-order valence-corrected chi connectivity index (χ1v) is 5.80. The first-order chi connectivity index (χ1) is 6.62. The molecule has 2 fully saturated rings. The Kier molecular flexibility index (Phi) is 2.82. The summed E-state index contributed by atoms with van der Waals surface area (Å²) in [5, 5.41) is 17.1. The van der Waals surface area contributed by atoms with Gasteiger partial charge in [-0.05, 0) is 32.7 Å². The number of hydrogen-bond donors (Lipinski definition) is 3. The Morgan fingerprint density at radius 3 is 2.57 bits per heavy atom. The van der Waals surface area contributed by atoms with Gasteiger partial charge in [-0.15, -0.1) is 0 Å². The molecule has 1 aliphatic carbocycles. The fraction of sp³-hybridized carbons (Fsp3) is 1.00. The van der Waals surface area contributed by atoms with E-state index >= 15 is 0 Å². The van der Waals surface area contributed by atoms with Crippen LogP contribution in [0.2, 0.25) is 0 Å². The summed E-state index contributed by atoms with van der Waals surface area (Å²) >= 11 is 0. The van der Waals surface area contributed by atoms with E-state index in [1.165, 1.54) is 19.3 Å². The van der Waals surface area contributed by atoms with Gasteiger partial charge < -0.3 is 15.7 Å². The molecule has 1 aliphatic heterocycles. The summed E-state index contributed by atoms with van der Waals surface area (Å²) in [4.78, 5) is 0. The van der Waals surface area contributed by atoms with Crippen molar-refractivity contribution in [3.05, 3.63) is 0 Å². The smallest absolute Gasteiger partial charge is 0.0771 e. The molecule has 1 saturated heterocycles. The van der Waals surface area contributed by atoms with E-state index in [0.717, 1.165) is 32.5 Å². The molecule has 1 heterocycles. The molecule has 0 bridgehead atoms. The summed E-state index contributed by atoms with van der Waals surface area (Å²) in [6.07, 6.45) is 5.50. The highest BCUT2D eigenvalue weighted by Gasteiger charge is 2.35. The van der Waals surface area contributed by atoms with Crippen molar-refractivity contribution in [3.8, 4) is 0 Å². The van der Waals surface area contributed by atoms with Crippen molar-refractivity contribution in [2.24, 2.45) is 0 Å². The lowest BCUT2D eigenvalue weighted by molar-refractivity contribution is 0.0405. The zero-order valence-corrected chi connectivity index (χ0v) is 9.10. The Bertz CT molecular complexity index is 171. The van der Waals surface area contributed by atoms with Gasteiger partial charge in [-0.2, -0.15) is 0 Å². The minimum absolute atomic E-state index is 0.207. The van der Waals surface area contributed by atoms with E-state index in [2.05, 4.69) is 17.6 Å². The van der Waals surface area contributed by atoms with Gasteiger partial charge in [0.15, 0.2) is 0 Å². The predicted molar refractivity (Wildman–Crippen MR) is 57.3 cm³/mol. The van der Waals surface area contributed by atoms with Crippen LogP contribution in [0.4, 0.5) is 0 Å². The summed E-state index contributed by atoms with van der Waals surface area (Å²) < 4.78 is 0. The average Bonchev–Trinajstić information content (AvgIpc) is 2.74. The standard InChI is InChI=1S/C11H22N2O/c1-10(6-7-12-8-10)13-9-11(14)4-2-3-5-11/h12-14H,2-9H2,1H3. The molecular formula is C11H22N2O. The first kappa shape index (κ1) is 10.4. The molecule has 0 aromatic rings. The Hall–Kier alpha value is -0.120. The highest BCUT2D eigenvalue weighted by Crippen LogP contribution is 2.29. The molecule has 1 saturated carbocycles. The third-order valence-corrected chi connectivity index (χ3v) is 3.75. The number of nitrogens with one attached hydrogen (secondary N) is 2. The second-order valence-electron chi connectivity index (χ2n) is 5.27. The molecule has 82 valence electrons. The minimum Gasteiger partial charge on any atom is -0.389 e. The molecule has 0 spiro atoms. The van der Waals surface area contributed by atoms with Gasteiger partial charge in [0, 0.05) is 18.6 Å². The van der Waals surface area contributed by atoms with Crippen LogP contribution in [0.3, 0.4) is 0 Å². The maximum atomic E-state index is 10.2. The van der Waals surface area contributed by atoms with E-state index in [4.69, 9.17) is 0 Å². The van der Waals surface area contributed by atoms with Crippen molar-refractivity contribution in [1.29, 1.82) is 0 Å². The van der Waals surface area contributed by atoms with Crippen molar-refractivity contribution in [3.63, 3.8) is 0 Å². The van der Waals surface area contributed by atoms with Crippen LogP contribution in [0.1, 0.15) is 39.0 Å². The normalized spacial score (nSPS) is 36.4. The Morgan fingerprint density at radius 1 is 1.29 bits per heavy atom. The highest BCUT2D eigenvalue weighted by molar-refractivity contribution is 4.95. The van der Waals surface area contributed by atoms with Crippen molar-refractivity contribution in [2.45, 2.75) is 50.2 Å². The van der Waals surface area contributed by atoms with Gasteiger partial charge in [-0.25, -0.2) is 0 Å². The third-order valence-electron chi connectivity index (χ3n) is 3.75. The van der Waals surface area contributed by atoms with E-state index in [0.29, 0.717) is 0 Å².